The van der Waals surface area contributed by atoms with Crippen LogP contribution >= 0.6 is 0 Å². The molecule has 1 amide bonds. The molecule has 0 unspecified atom stereocenters. The number of hydrazone groups is 2. The van der Waals surface area contributed by atoms with E-state index in [1.807, 2.05) is 56.3 Å². The summed E-state index contributed by atoms with van der Waals surface area (Å²) in [6.07, 6.45) is 0. The molecule has 164 valence electrons. The molecule has 0 radical (unpaired) electrons. The first kappa shape index (κ1) is 22.1. The molecule has 2 aromatic rings. The fourth-order valence-electron chi connectivity index (χ4n) is 3.28. The second-order valence-corrected chi connectivity index (χ2v) is 6.72. The van der Waals surface area contributed by atoms with Crippen molar-refractivity contribution in [2.75, 3.05) is 36.6 Å². The number of nitrogens with one attached hydrogen (secondary N) is 2. The van der Waals surface area contributed by atoms with Crippen molar-refractivity contribution in [2.45, 2.75) is 27.7 Å². The topological polar surface area (TPSA) is 87.5 Å². The van der Waals surface area contributed by atoms with Gasteiger partial charge < -0.3 is 14.4 Å². The SMILES string of the molecule is CCOc1ccc(C2=NNC(=O)/C2=N/Nc2ccc(N(CC)CC)cc2)cc1OCC. The number of anilines is 2. The predicted molar refractivity (Wildman–Crippen MR) is 125 cm³/mol. The van der Waals surface area contributed by atoms with Crippen LogP contribution in [0.15, 0.2) is 52.7 Å². The highest BCUT2D eigenvalue weighted by atomic mass is 16.5. The predicted octanol–water partition coefficient (Wildman–Crippen LogP) is 3.63. The van der Waals surface area contributed by atoms with Gasteiger partial charge in [0, 0.05) is 24.3 Å². The average molecular weight is 424 g/mol. The second kappa shape index (κ2) is 10.5. The minimum atomic E-state index is -0.367. The van der Waals surface area contributed by atoms with Crippen LogP contribution in [0.4, 0.5) is 11.4 Å². The third-order valence-corrected chi connectivity index (χ3v) is 4.82. The van der Waals surface area contributed by atoms with E-state index in [4.69, 9.17) is 9.47 Å². The number of hydrogen-bond donors (Lipinski definition) is 2. The number of hydrogen-bond acceptors (Lipinski definition) is 7. The summed E-state index contributed by atoms with van der Waals surface area (Å²) in [7, 11) is 0. The summed E-state index contributed by atoms with van der Waals surface area (Å²) in [5, 5.41) is 8.48. The standard InChI is InChI=1S/C23H29N5O3/c1-5-28(6-2)18-12-10-17(11-13-18)24-26-22-21(25-27-23(22)29)16-9-14-19(30-7-3)20(15-16)31-8-4/h9-15,24H,5-8H2,1-4H3,(H,26,27,29). The average Bonchev–Trinajstić information content (AvgIpc) is 3.16. The summed E-state index contributed by atoms with van der Waals surface area (Å²) < 4.78 is 11.3. The largest absolute Gasteiger partial charge is 0.490 e. The van der Waals surface area contributed by atoms with E-state index >= 15 is 0 Å². The van der Waals surface area contributed by atoms with Gasteiger partial charge in [0.05, 0.1) is 18.9 Å². The zero-order chi connectivity index (χ0) is 22.2. The Morgan fingerprint density at radius 3 is 2.29 bits per heavy atom. The lowest BCUT2D eigenvalue weighted by Gasteiger charge is -2.21. The molecule has 1 heterocycles. The van der Waals surface area contributed by atoms with Crippen LogP contribution in [0.1, 0.15) is 33.3 Å². The van der Waals surface area contributed by atoms with Crippen LogP contribution in [0.25, 0.3) is 0 Å². The van der Waals surface area contributed by atoms with E-state index in [2.05, 4.69) is 39.8 Å². The maximum Gasteiger partial charge on any atom is 0.294 e. The van der Waals surface area contributed by atoms with Gasteiger partial charge in [-0.25, -0.2) is 5.43 Å². The highest BCUT2D eigenvalue weighted by Crippen LogP contribution is 2.29. The highest BCUT2D eigenvalue weighted by Gasteiger charge is 2.27. The highest BCUT2D eigenvalue weighted by molar-refractivity contribution is 6.72. The van der Waals surface area contributed by atoms with E-state index in [9.17, 15) is 4.79 Å². The maximum atomic E-state index is 12.3. The molecule has 31 heavy (non-hydrogen) atoms. The number of benzene rings is 2. The minimum Gasteiger partial charge on any atom is -0.490 e. The van der Waals surface area contributed by atoms with Gasteiger partial charge in [-0.3, -0.25) is 10.2 Å². The molecule has 0 fully saturated rings. The van der Waals surface area contributed by atoms with Crippen LogP contribution in [0.2, 0.25) is 0 Å². The number of ether oxygens (including phenoxy) is 2. The first-order valence-electron chi connectivity index (χ1n) is 10.6. The molecule has 8 nitrogen and oxygen atoms in total. The van der Waals surface area contributed by atoms with Gasteiger partial charge in [0.1, 0.15) is 5.71 Å². The lowest BCUT2D eigenvalue weighted by molar-refractivity contribution is -0.114. The Kier molecular flexibility index (Phi) is 7.48. The molecule has 0 spiro atoms. The molecule has 2 aromatic carbocycles. The van der Waals surface area contributed by atoms with Gasteiger partial charge in [0.15, 0.2) is 17.2 Å². The number of amides is 1. The Morgan fingerprint density at radius 2 is 1.65 bits per heavy atom. The lowest BCUT2D eigenvalue weighted by atomic mass is 10.1. The molecular weight excluding hydrogens is 394 g/mol. The van der Waals surface area contributed by atoms with Crippen molar-refractivity contribution in [1.29, 1.82) is 0 Å². The molecule has 0 aliphatic carbocycles. The van der Waals surface area contributed by atoms with E-state index in [1.165, 1.54) is 0 Å². The number of carbonyl (C=O) groups is 1. The smallest absolute Gasteiger partial charge is 0.294 e. The first-order valence-corrected chi connectivity index (χ1v) is 10.6. The zero-order valence-corrected chi connectivity index (χ0v) is 18.4. The van der Waals surface area contributed by atoms with Gasteiger partial charge in [-0.05, 0) is 70.2 Å². The van der Waals surface area contributed by atoms with Crippen LogP contribution in [-0.4, -0.2) is 43.6 Å². The molecule has 1 aliphatic heterocycles. The molecule has 8 heteroatoms. The van der Waals surface area contributed by atoms with Crippen molar-refractivity contribution < 1.29 is 14.3 Å². The molecule has 0 saturated heterocycles. The normalized spacial score (nSPS) is 14.3. The van der Waals surface area contributed by atoms with E-state index in [0.717, 1.165) is 24.5 Å². The monoisotopic (exact) mass is 423 g/mol. The Hall–Kier alpha value is -3.55. The van der Waals surface area contributed by atoms with E-state index in [0.29, 0.717) is 36.0 Å². The van der Waals surface area contributed by atoms with Crippen LogP contribution in [0.5, 0.6) is 11.5 Å². The summed E-state index contributed by atoms with van der Waals surface area (Å²) in [6, 6.07) is 13.4. The van der Waals surface area contributed by atoms with Gasteiger partial charge in [-0.1, -0.05) is 0 Å². The van der Waals surface area contributed by atoms with E-state index < -0.39 is 0 Å². The van der Waals surface area contributed by atoms with E-state index in [-0.39, 0.29) is 11.6 Å². The number of rotatable bonds is 10. The van der Waals surface area contributed by atoms with Crippen LogP contribution in [0.3, 0.4) is 0 Å². The summed E-state index contributed by atoms with van der Waals surface area (Å²) in [4.78, 5) is 14.6. The summed E-state index contributed by atoms with van der Waals surface area (Å²) in [5.74, 6) is 0.883. The van der Waals surface area contributed by atoms with Crippen molar-refractivity contribution in [3.8, 4) is 11.5 Å². The fourth-order valence-corrected chi connectivity index (χ4v) is 3.28. The Morgan fingerprint density at radius 1 is 0.968 bits per heavy atom. The maximum absolute atomic E-state index is 12.3. The zero-order valence-electron chi connectivity index (χ0n) is 18.4. The van der Waals surface area contributed by atoms with Crippen molar-refractivity contribution >= 4 is 28.7 Å². The lowest BCUT2D eigenvalue weighted by Crippen LogP contribution is -2.25. The fraction of sp³-hybridized carbons (Fsp3) is 0.348. The number of nitrogens with zero attached hydrogens (tertiary/aromatic N) is 3. The van der Waals surface area contributed by atoms with Crippen molar-refractivity contribution in [3.05, 3.63) is 48.0 Å². The Labute approximate surface area is 182 Å². The Balaban J connectivity index is 1.81. The van der Waals surface area contributed by atoms with Gasteiger partial charge in [0.2, 0.25) is 0 Å². The molecule has 0 atom stereocenters. The molecular formula is C23H29N5O3. The molecule has 0 aromatic heterocycles. The van der Waals surface area contributed by atoms with Crippen molar-refractivity contribution in [2.24, 2.45) is 10.2 Å². The molecule has 1 aliphatic rings. The van der Waals surface area contributed by atoms with Gasteiger partial charge in [0.25, 0.3) is 5.91 Å². The third-order valence-electron chi connectivity index (χ3n) is 4.82. The summed E-state index contributed by atoms with van der Waals surface area (Å²) in [5.41, 5.74) is 8.73. The molecule has 3 rings (SSSR count). The van der Waals surface area contributed by atoms with Crippen molar-refractivity contribution in [1.82, 2.24) is 5.43 Å². The van der Waals surface area contributed by atoms with Gasteiger partial charge >= 0.3 is 0 Å². The van der Waals surface area contributed by atoms with Crippen LogP contribution in [-0.2, 0) is 4.79 Å². The quantitative estimate of drug-likeness (QED) is 0.570. The second-order valence-electron chi connectivity index (χ2n) is 6.72. The third kappa shape index (κ3) is 5.14. The Bertz CT molecular complexity index is 966. The van der Waals surface area contributed by atoms with Crippen molar-refractivity contribution in [3.63, 3.8) is 0 Å². The molecule has 0 bridgehead atoms. The first-order chi connectivity index (χ1) is 15.1. The van der Waals surface area contributed by atoms with Gasteiger partial charge in [-0.15, -0.1) is 0 Å². The summed E-state index contributed by atoms with van der Waals surface area (Å²) >= 11 is 0. The molecule has 2 N–H and O–H groups in total. The van der Waals surface area contributed by atoms with E-state index in [1.54, 1.807) is 0 Å². The summed E-state index contributed by atoms with van der Waals surface area (Å²) in [6.45, 7) is 11.0. The van der Waals surface area contributed by atoms with Crippen LogP contribution in [0, 0.1) is 0 Å². The minimum absolute atomic E-state index is 0.208. The molecule has 0 saturated carbocycles. The number of carbonyl (C=O) groups excluding carboxylic acids is 1. The van der Waals surface area contributed by atoms with Crippen LogP contribution < -0.4 is 25.2 Å². The van der Waals surface area contributed by atoms with Gasteiger partial charge in [-0.2, -0.15) is 10.2 Å².